The van der Waals surface area contributed by atoms with Gasteiger partial charge in [-0.05, 0) is 47.4 Å². The summed E-state index contributed by atoms with van der Waals surface area (Å²) >= 11 is 1.62. The number of hydrogen-bond donors (Lipinski definition) is 3. The average molecular weight is 398 g/mol. The van der Waals surface area contributed by atoms with Gasteiger partial charge in [0, 0.05) is 13.1 Å². The van der Waals surface area contributed by atoms with Crippen molar-refractivity contribution in [2.75, 3.05) is 25.0 Å². The molecule has 0 spiro atoms. The Bertz CT molecular complexity index is 796. The molecule has 0 radical (unpaired) electrons. The molecule has 3 N–H and O–H groups in total. The Labute approximate surface area is 159 Å². The fraction of sp³-hybridized carbons (Fsp3) is 0.333. The summed E-state index contributed by atoms with van der Waals surface area (Å²) in [5.41, 5.74) is 0.771. The minimum absolute atomic E-state index is 0.255. The van der Waals surface area contributed by atoms with Crippen LogP contribution in [0.4, 0.5) is 18.9 Å². The van der Waals surface area contributed by atoms with E-state index in [-0.39, 0.29) is 12.5 Å². The van der Waals surface area contributed by atoms with Gasteiger partial charge in [-0.1, -0.05) is 6.92 Å². The molecule has 0 aliphatic heterocycles. The molecule has 1 aromatic heterocycles. The maximum atomic E-state index is 13.6. The summed E-state index contributed by atoms with van der Waals surface area (Å²) in [5.74, 6) is -4.36. The Morgan fingerprint density at radius 3 is 2.63 bits per heavy atom. The molecule has 5 nitrogen and oxygen atoms in total. The molecular weight excluding hydrogens is 377 g/mol. The van der Waals surface area contributed by atoms with Crippen molar-refractivity contribution in [3.63, 3.8) is 0 Å². The molecular formula is C18H21F3N4OS. The molecule has 0 fully saturated rings. The summed E-state index contributed by atoms with van der Waals surface area (Å²) in [5, 5.41) is 12.4. The number of carbonyl (C=O) groups excluding carboxylic acids is 1. The van der Waals surface area contributed by atoms with Crippen LogP contribution in [0.15, 0.2) is 34.0 Å². The van der Waals surface area contributed by atoms with Gasteiger partial charge in [0.15, 0.2) is 23.4 Å². The zero-order valence-corrected chi connectivity index (χ0v) is 15.8. The summed E-state index contributed by atoms with van der Waals surface area (Å²) in [7, 11) is 0. The predicted molar refractivity (Wildman–Crippen MR) is 102 cm³/mol. The number of rotatable bonds is 7. The van der Waals surface area contributed by atoms with Crippen molar-refractivity contribution in [2.45, 2.75) is 19.8 Å². The van der Waals surface area contributed by atoms with Gasteiger partial charge in [0.05, 0.1) is 5.69 Å². The van der Waals surface area contributed by atoms with Crippen molar-refractivity contribution in [3.05, 3.63) is 52.0 Å². The van der Waals surface area contributed by atoms with Gasteiger partial charge < -0.3 is 16.0 Å². The van der Waals surface area contributed by atoms with Gasteiger partial charge in [-0.25, -0.2) is 18.2 Å². The minimum Gasteiger partial charge on any atom is -0.357 e. The van der Waals surface area contributed by atoms with Crippen molar-refractivity contribution in [1.82, 2.24) is 10.6 Å². The highest BCUT2D eigenvalue weighted by atomic mass is 32.1. The van der Waals surface area contributed by atoms with Crippen LogP contribution >= 0.6 is 11.3 Å². The quantitative estimate of drug-likeness (QED) is 0.380. The molecule has 1 amide bonds. The molecule has 27 heavy (non-hydrogen) atoms. The number of carbonyl (C=O) groups is 1. The summed E-state index contributed by atoms with van der Waals surface area (Å²) in [6, 6.07) is 3.75. The fourth-order valence-corrected chi connectivity index (χ4v) is 3.01. The third kappa shape index (κ3) is 5.99. The van der Waals surface area contributed by atoms with Gasteiger partial charge >= 0.3 is 0 Å². The molecule has 1 aromatic carbocycles. The maximum absolute atomic E-state index is 13.6. The number of halogens is 3. The molecule has 9 heteroatoms. The summed E-state index contributed by atoms with van der Waals surface area (Å²) < 4.78 is 39.7. The first-order valence-electron chi connectivity index (χ1n) is 8.40. The van der Waals surface area contributed by atoms with E-state index in [2.05, 4.69) is 33.2 Å². The topological polar surface area (TPSA) is 65.5 Å². The van der Waals surface area contributed by atoms with Crippen LogP contribution in [0.1, 0.15) is 25.3 Å². The second-order valence-electron chi connectivity index (χ2n) is 5.80. The number of thiophene rings is 1. The van der Waals surface area contributed by atoms with Crippen molar-refractivity contribution in [1.29, 1.82) is 0 Å². The number of nitrogens with one attached hydrogen (secondary N) is 3. The Kier molecular flexibility index (Phi) is 7.66. The van der Waals surface area contributed by atoms with E-state index < -0.39 is 29.0 Å². The second kappa shape index (κ2) is 9.96. The van der Waals surface area contributed by atoms with Crippen LogP contribution in [0.2, 0.25) is 0 Å². The van der Waals surface area contributed by atoms with E-state index in [0.29, 0.717) is 19.0 Å². The van der Waals surface area contributed by atoms with Crippen LogP contribution < -0.4 is 16.0 Å². The zero-order chi connectivity index (χ0) is 19.8. The molecule has 0 bridgehead atoms. The van der Waals surface area contributed by atoms with Crippen molar-refractivity contribution >= 4 is 28.9 Å². The van der Waals surface area contributed by atoms with Gasteiger partial charge in [0.2, 0.25) is 5.91 Å². The van der Waals surface area contributed by atoms with Gasteiger partial charge in [0.25, 0.3) is 0 Å². The third-order valence-electron chi connectivity index (χ3n) is 3.72. The molecule has 0 aliphatic carbocycles. The number of aliphatic imine (C=N–C) groups is 1. The number of benzene rings is 1. The lowest BCUT2D eigenvalue weighted by Gasteiger charge is -2.15. The van der Waals surface area contributed by atoms with Crippen LogP contribution in [0.25, 0.3) is 0 Å². The Hall–Kier alpha value is -2.55. The SMILES string of the molecule is CCNC(=NCC(=O)Nc1ccc(F)c(F)c1F)NCC(C)c1ccsc1. The number of amides is 1. The molecule has 0 saturated carbocycles. The summed E-state index contributed by atoms with van der Waals surface area (Å²) in [4.78, 5) is 16.1. The molecule has 1 atom stereocenters. The standard InChI is InChI=1S/C18H21F3N4OS/c1-3-22-18(23-8-11(2)12-6-7-27-10-12)24-9-15(26)25-14-5-4-13(19)16(20)17(14)21/h4-7,10-11H,3,8-9H2,1-2H3,(H,25,26)(H2,22,23,24). The van der Waals surface area contributed by atoms with E-state index in [0.717, 1.165) is 12.1 Å². The molecule has 0 saturated heterocycles. The van der Waals surface area contributed by atoms with Crippen LogP contribution in [0.3, 0.4) is 0 Å². The van der Waals surface area contributed by atoms with Crippen LogP contribution in [0.5, 0.6) is 0 Å². The van der Waals surface area contributed by atoms with Crippen LogP contribution in [0, 0.1) is 17.5 Å². The first kappa shape index (κ1) is 20.8. The minimum atomic E-state index is -1.63. The van der Waals surface area contributed by atoms with E-state index in [4.69, 9.17) is 0 Å². The normalized spacial score (nSPS) is 12.6. The highest BCUT2D eigenvalue weighted by Gasteiger charge is 2.15. The first-order valence-corrected chi connectivity index (χ1v) is 9.34. The Morgan fingerprint density at radius 1 is 1.19 bits per heavy atom. The van der Waals surface area contributed by atoms with Crippen molar-refractivity contribution < 1.29 is 18.0 Å². The van der Waals surface area contributed by atoms with E-state index >= 15 is 0 Å². The number of hydrogen-bond acceptors (Lipinski definition) is 3. The summed E-state index contributed by atoms with van der Waals surface area (Å²) in [6.07, 6.45) is 0. The molecule has 1 heterocycles. The van der Waals surface area contributed by atoms with E-state index in [1.54, 1.807) is 11.3 Å². The number of guanidine groups is 1. The van der Waals surface area contributed by atoms with Gasteiger partial charge in [-0.2, -0.15) is 11.3 Å². The lowest BCUT2D eigenvalue weighted by atomic mass is 10.1. The van der Waals surface area contributed by atoms with E-state index in [9.17, 15) is 18.0 Å². The fourth-order valence-electron chi connectivity index (χ4n) is 2.23. The summed E-state index contributed by atoms with van der Waals surface area (Å²) in [6.45, 7) is 4.86. The zero-order valence-electron chi connectivity index (χ0n) is 15.0. The molecule has 0 aliphatic rings. The van der Waals surface area contributed by atoms with Gasteiger partial charge in [-0.3, -0.25) is 4.79 Å². The van der Waals surface area contributed by atoms with Crippen LogP contribution in [-0.2, 0) is 4.79 Å². The van der Waals surface area contributed by atoms with Crippen molar-refractivity contribution in [2.24, 2.45) is 4.99 Å². The molecule has 146 valence electrons. The second-order valence-corrected chi connectivity index (χ2v) is 6.58. The largest absolute Gasteiger partial charge is 0.357 e. The predicted octanol–water partition coefficient (Wildman–Crippen LogP) is 3.46. The Balaban J connectivity index is 1.93. The van der Waals surface area contributed by atoms with Gasteiger partial charge in [-0.15, -0.1) is 0 Å². The highest BCUT2D eigenvalue weighted by Crippen LogP contribution is 2.19. The third-order valence-corrected chi connectivity index (χ3v) is 4.42. The lowest BCUT2D eigenvalue weighted by Crippen LogP contribution is -2.39. The lowest BCUT2D eigenvalue weighted by molar-refractivity contribution is -0.114. The van der Waals surface area contributed by atoms with Crippen molar-refractivity contribution in [3.8, 4) is 0 Å². The highest BCUT2D eigenvalue weighted by molar-refractivity contribution is 7.07. The van der Waals surface area contributed by atoms with E-state index in [1.807, 2.05) is 18.4 Å². The Morgan fingerprint density at radius 2 is 1.96 bits per heavy atom. The van der Waals surface area contributed by atoms with Gasteiger partial charge in [0.1, 0.15) is 6.54 Å². The number of anilines is 1. The molecule has 2 aromatic rings. The average Bonchev–Trinajstić information content (AvgIpc) is 3.19. The maximum Gasteiger partial charge on any atom is 0.246 e. The first-order chi connectivity index (χ1) is 12.9. The van der Waals surface area contributed by atoms with E-state index in [1.165, 1.54) is 5.56 Å². The monoisotopic (exact) mass is 398 g/mol. The smallest absolute Gasteiger partial charge is 0.246 e. The molecule has 2 rings (SSSR count). The van der Waals surface area contributed by atoms with Crippen LogP contribution in [-0.4, -0.2) is 31.5 Å². The number of nitrogens with zero attached hydrogens (tertiary/aromatic N) is 1. The molecule has 1 unspecified atom stereocenters.